The first-order valence-electron chi connectivity index (χ1n) is 22.4. The minimum Gasteiger partial charge on any atom is -0.467 e. The molecule has 0 aromatic rings. The van der Waals surface area contributed by atoms with Crippen LogP contribution in [0.5, 0.6) is 0 Å². The summed E-state index contributed by atoms with van der Waals surface area (Å²) in [6.07, 6.45) is -44.0. The number of nitrogens with two attached hydrogens (primary N) is 2. The molecule has 434 valence electrons. The Morgan fingerprint density at radius 1 is 0.630 bits per heavy atom. The van der Waals surface area contributed by atoms with Crippen molar-refractivity contribution in [2.75, 3.05) is 46.2 Å². The molecule has 33 nitrogen and oxygen atoms in total. The Balaban J connectivity index is 3.40. The second-order valence-electron chi connectivity index (χ2n) is 17.3. The first-order chi connectivity index (χ1) is 33.9. The van der Waals surface area contributed by atoms with E-state index in [1.165, 1.54) is 13.8 Å². The average Bonchev–Trinajstić information content (AvgIpc) is 3.37. The van der Waals surface area contributed by atoms with Gasteiger partial charge in [0.05, 0.1) is 56.9 Å². The van der Waals surface area contributed by atoms with Gasteiger partial charge in [-0.2, -0.15) is 0 Å². The number of rotatable bonds is 38. The molecule has 1 aliphatic heterocycles. The van der Waals surface area contributed by atoms with Crippen LogP contribution in [0.3, 0.4) is 0 Å². The highest BCUT2D eigenvalue weighted by Crippen LogP contribution is 2.43. The highest BCUT2D eigenvalue weighted by Gasteiger charge is 2.49. The molecule has 1 rings (SSSR count). The van der Waals surface area contributed by atoms with Crippen molar-refractivity contribution in [3.63, 3.8) is 0 Å². The summed E-state index contributed by atoms with van der Waals surface area (Å²) in [4.78, 5) is 18.6. The van der Waals surface area contributed by atoms with E-state index in [2.05, 4.69) is 9.05 Å². The van der Waals surface area contributed by atoms with Crippen molar-refractivity contribution in [2.24, 2.45) is 35.1 Å². The molecule has 0 spiro atoms. The van der Waals surface area contributed by atoms with Gasteiger partial charge in [-0.15, -0.1) is 4.89 Å². The quantitative estimate of drug-likeness (QED) is 0.0155. The zero-order valence-electron chi connectivity index (χ0n) is 40.0. The maximum Gasteiger partial charge on any atom is 0.746 e. The summed E-state index contributed by atoms with van der Waals surface area (Å²) in [5, 5.41) is 192. The Bertz CT molecular complexity index is 1600. The Kier molecular flexibility index (Phi) is 32.1. The number of aliphatic hydroxyl groups excluding tert-OH is 18. The fourth-order valence-electron chi connectivity index (χ4n) is 6.57. The van der Waals surface area contributed by atoms with E-state index in [0.717, 1.165) is 20.1 Å². The van der Waals surface area contributed by atoms with E-state index in [9.17, 15) is 106 Å². The molecule has 0 saturated carbocycles. The van der Waals surface area contributed by atoms with Crippen molar-refractivity contribution < 1.29 is 153 Å². The molecule has 24 N–H and O–H groups in total. The van der Waals surface area contributed by atoms with Gasteiger partial charge in [-0.1, -0.05) is 27.7 Å². The molecule has 0 aliphatic carbocycles. The molecule has 0 amide bonds. The van der Waals surface area contributed by atoms with Crippen LogP contribution in [0.1, 0.15) is 27.7 Å². The molecule has 0 radical (unpaired) electrons. The number of phosphoric acid groups is 1. The van der Waals surface area contributed by atoms with Gasteiger partial charge in [0.25, 0.3) is 0 Å². The predicted octanol–water partition coefficient (Wildman–Crippen LogP) is -9.78. The first-order valence-corrected chi connectivity index (χ1v) is 25.0. The van der Waals surface area contributed by atoms with Crippen LogP contribution < -0.4 is 11.5 Å². The number of phosphoric ester groups is 1. The maximum atomic E-state index is 12.2. The van der Waals surface area contributed by atoms with Gasteiger partial charge >= 0.3 is 16.1 Å². The van der Waals surface area contributed by atoms with Crippen LogP contribution in [0, 0.1) is 23.7 Å². The molecule has 27 atom stereocenters. The van der Waals surface area contributed by atoms with E-state index in [1.54, 1.807) is 0 Å². The van der Waals surface area contributed by atoms with E-state index in [1.807, 2.05) is 0 Å². The topological polar surface area (TPSA) is 574 Å². The van der Waals surface area contributed by atoms with E-state index < -0.39 is 208 Å². The maximum absolute atomic E-state index is 12.2. The van der Waals surface area contributed by atoms with Gasteiger partial charge in [-0.3, -0.25) is 9.05 Å². The van der Waals surface area contributed by atoms with Crippen LogP contribution in [-0.4, -0.2) is 277 Å². The smallest absolute Gasteiger partial charge is 0.467 e. The molecule has 1 heterocycles. The van der Waals surface area contributed by atoms with Gasteiger partial charge < -0.3 is 137 Å². The fraction of sp³-hybridized carbons (Fsp3) is 0.947. The van der Waals surface area contributed by atoms with Crippen molar-refractivity contribution >= 4 is 16.1 Å². The summed E-state index contributed by atoms with van der Waals surface area (Å²) in [6, 6.07) is -1.51. The lowest BCUT2D eigenvalue weighted by Gasteiger charge is -2.43. The van der Waals surface area contributed by atoms with Crippen molar-refractivity contribution in [1.29, 1.82) is 0 Å². The lowest BCUT2D eigenvalue weighted by molar-refractivity contribution is -0.323. The number of hydrogen-bond donors (Lipinski definition) is 22. The van der Waals surface area contributed by atoms with Crippen molar-refractivity contribution in [1.82, 2.24) is 0 Å². The molecule has 1 saturated heterocycles. The molecule has 35 heteroatoms. The third kappa shape index (κ3) is 21.7. The molecule has 27 unspecified atom stereocenters. The third-order valence-electron chi connectivity index (χ3n) is 11.4. The van der Waals surface area contributed by atoms with E-state index in [0.29, 0.717) is 6.26 Å². The van der Waals surface area contributed by atoms with Gasteiger partial charge in [-0.25, -0.2) is 9.09 Å². The zero-order valence-corrected chi connectivity index (χ0v) is 41.8. The molecular formula is C38H77N2O31P2+. The van der Waals surface area contributed by atoms with Gasteiger partial charge in [0.15, 0.2) is 31.4 Å². The summed E-state index contributed by atoms with van der Waals surface area (Å²) in [5.41, 5.74) is 11.2. The van der Waals surface area contributed by atoms with Crippen molar-refractivity contribution in [2.45, 2.75) is 157 Å². The zero-order chi connectivity index (χ0) is 56.2. The molecule has 1 fully saturated rings. The van der Waals surface area contributed by atoms with E-state index >= 15 is 0 Å². The molecule has 0 aromatic carbocycles. The molecule has 0 bridgehead atoms. The highest BCUT2D eigenvalue weighted by molar-refractivity contribution is 7.47. The molecule has 0 aromatic heterocycles. The van der Waals surface area contributed by atoms with Gasteiger partial charge in [-0.05, 0) is 0 Å². The first kappa shape index (κ1) is 69.5. The normalized spacial score (nSPS) is 28.2. The Labute approximate surface area is 419 Å². The summed E-state index contributed by atoms with van der Waals surface area (Å²) in [7, 11) is -7.84. The molecule has 73 heavy (non-hydrogen) atoms. The number of hydrogen-bond acceptors (Lipinski definition) is 31. The second-order valence-corrected chi connectivity index (χ2v) is 19.4. The predicted molar refractivity (Wildman–Crippen MR) is 237 cm³/mol. The average molecular weight is 1120 g/mol. The lowest BCUT2D eigenvalue weighted by atomic mass is 9.94. The highest BCUT2D eigenvalue weighted by atomic mass is 31.2. The summed E-state index contributed by atoms with van der Waals surface area (Å²) in [6.45, 7) is -0.210. The van der Waals surface area contributed by atoms with Crippen LogP contribution in [0.2, 0.25) is 0 Å². The van der Waals surface area contributed by atoms with Crippen molar-refractivity contribution in [3.05, 3.63) is 12.5 Å². The monoisotopic (exact) mass is 1120 g/mol. The summed E-state index contributed by atoms with van der Waals surface area (Å²) in [5.74, 6) is -5.20. The molecular weight excluding hydrogens is 1040 g/mol. The SMILES string of the molecule is CC(CO)C(O)C(O)C(O)C(O)OC(C(O)OC(C(O)OCC(C)C(O)C(O)C(O)C(O)OC1C(CO)OC(O/C=C\O[P+](=O)O)C(N)C1O)C(O)C(O)C(C)CO)C(O)C(O)C(C)COP(=O)(O)OCCN. The fourth-order valence-corrected chi connectivity index (χ4v) is 7.56. The van der Waals surface area contributed by atoms with Gasteiger partial charge in [0, 0.05) is 48.0 Å². The third-order valence-corrected chi connectivity index (χ3v) is 12.7. The van der Waals surface area contributed by atoms with Crippen LogP contribution >= 0.6 is 16.1 Å². The largest absolute Gasteiger partial charge is 0.746 e. The lowest BCUT2D eigenvalue weighted by Crippen LogP contribution is -2.64. The Hall–Kier alpha value is -1.49. The summed E-state index contributed by atoms with van der Waals surface area (Å²) < 4.78 is 68.1. The molecule has 1 aliphatic rings. The van der Waals surface area contributed by atoms with Gasteiger partial charge in [0.2, 0.25) is 6.29 Å². The van der Waals surface area contributed by atoms with Crippen LogP contribution in [0.15, 0.2) is 12.5 Å². The minimum absolute atomic E-state index is 0.201. The Morgan fingerprint density at radius 2 is 1.10 bits per heavy atom. The number of ether oxygens (including phenoxy) is 6. The van der Waals surface area contributed by atoms with E-state index in [-0.39, 0.29) is 6.54 Å². The number of aliphatic hydroxyl groups is 18. The van der Waals surface area contributed by atoms with Crippen LogP contribution in [-0.2, 0) is 51.1 Å². The Morgan fingerprint density at radius 3 is 1.60 bits per heavy atom. The van der Waals surface area contributed by atoms with Gasteiger partial charge in [0.1, 0.15) is 73.4 Å². The van der Waals surface area contributed by atoms with Crippen molar-refractivity contribution in [3.8, 4) is 0 Å². The standard InChI is InChI=1S/C38H76N2O31P2/c1-14(9-41)20(44)25(49)29(53)35(56)70-33(28(52)23(47)17(4)13-67-73(61,62)66-6-5-39)37(58)71-32(27(51)21(45)15(2)10-42)36(57)64-12-16(3)22(46)26(50)30(54)34(55)69-31-18(11-43)68-38(19(40)24(31)48)63-7-8-65-72(59)60/h7-8,14-38,41-58H,5-6,9-13,39-40H2,1-4H3,(H-,59,60,61,62)/p+1/b8-7-. The van der Waals surface area contributed by atoms with Crippen LogP contribution in [0.4, 0.5) is 0 Å². The summed E-state index contributed by atoms with van der Waals surface area (Å²) >= 11 is 0. The van der Waals surface area contributed by atoms with E-state index in [4.69, 9.17) is 49.3 Å². The second kappa shape index (κ2) is 33.7. The van der Waals surface area contributed by atoms with Crippen LogP contribution in [0.25, 0.3) is 0 Å². The minimum atomic E-state index is -4.79.